The highest BCUT2D eigenvalue weighted by Crippen LogP contribution is 2.35. The van der Waals surface area contributed by atoms with Gasteiger partial charge in [-0.05, 0) is 17.5 Å². The lowest BCUT2D eigenvalue weighted by Gasteiger charge is -2.13. The van der Waals surface area contributed by atoms with Gasteiger partial charge in [0.05, 0.1) is 46.3 Å². The fourth-order valence-corrected chi connectivity index (χ4v) is 3.98. The van der Waals surface area contributed by atoms with Gasteiger partial charge in [0, 0.05) is 0 Å². The molecule has 5 aromatic heterocycles. The van der Waals surface area contributed by atoms with Gasteiger partial charge in [-0.2, -0.15) is 33.7 Å². The Kier molecular flexibility index (Phi) is 4.98. The van der Waals surface area contributed by atoms with Gasteiger partial charge >= 0.3 is 6.18 Å². The number of hydrogen-bond acceptors (Lipinski definition) is 9. The van der Waals surface area contributed by atoms with Crippen molar-refractivity contribution in [3.05, 3.63) is 65.4 Å². The van der Waals surface area contributed by atoms with Gasteiger partial charge in [0.1, 0.15) is 18.0 Å². The van der Waals surface area contributed by atoms with Crippen molar-refractivity contribution >= 4 is 33.1 Å². The Hall–Kier alpha value is -4.71. The predicted octanol–water partition coefficient (Wildman–Crippen LogP) is 3.00. The molecular formula is C19H9F3N10OS. The summed E-state index contributed by atoms with van der Waals surface area (Å²) in [4.78, 5) is 25.9. The summed E-state index contributed by atoms with van der Waals surface area (Å²) >= 11 is 1.15. The first kappa shape index (κ1) is 21.2. The van der Waals surface area contributed by atoms with E-state index in [1.807, 2.05) is 6.07 Å². The molecule has 11 nitrogen and oxygen atoms in total. The molecule has 0 radical (unpaired) electrons. The molecule has 5 heterocycles. The summed E-state index contributed by atoms with van der Waals surface area (Å²) in [6, 6.07) is 4.78. The summed E-state index contributed by atoms with van der Waals surface area (Å²) in [5.74, 6) is -1.10. The molecule has 34 heavy (non-hydrogen) atoms. The third kappa shape index (κ3) is 3.61. The summed E-state index contributed by atoms with van der Waals surface area (Å²) in [5.41, 5.74) is -1.58. The van der Waals surface area contributed by atoms with Gasteiger partial charge in [0.25, 0.3) is 5.91 Å². The summed E-state index contributed by atoms with van der Waals surface area (Å²) < 4.78 is 43.0. The topological polar surface area (TPSA) is 140 Å². The zero-order chi connectivity index (χ0) is 23.9. The standard InChI is InChI=1S/C19H9F3N10OS/c20-19(21,22)15-12(8-29-31(15)17-14-13(1-4-34-14)25-9-26-17)18(33)30-11-5-10(6-23)16(24-7-11)32-27-2-3-28-32/h1-5,7-9H,(H,30,33). The number of nitriles is 1. The third-order valence-corrected chi connectivity index (χ3v) is 5.46. The maximum absolute atomic E-state index is 14.0. The highest BCUT2D eigenvalue weighted by Gasteiger charge is 2.41. The SMILES string of the molecule is N#Cc1cc(NC(=O)c2cnn(-c3ncnc4ccsc34)c2C(F)(F)F)cnc1-n1nccn1. The van der Waals surface area contributed by atoms with E-state index in [0.717, 1.165) is 28.7 Å². The molecular weight excluding hydrogens is 473 g/mol. The van der Waals surface area contributed by atoms with Crippen molar-refractivity contribution in [3.8, 4) is 17.7 Å². The van der Waals surface area contributed by atoms with Crippen molar-refractivity contribution in [3.63, 3.8) is 0 Å². The molecule has 15 heteroatoms. The van der Waals surface area contributed by atoms with Crippen molar-refractivity contribution < 1.29 is 18.0 Å². The number of nitrogens with one attached hydrogen (secondary N) is 1. The van der Waals surface area contributed by atoms with Crippen LogP contribution in [0.5, 0.6) is 0 Å². The predicted molar refractivity (Wildman–Crippen MR) is 111 cm³/mol. The van der Waals surface area contributed by atoms with Crippen LogP contribution < -0.4 is 5.32 Å². The highest BCUT2D eigenvalue weighted by molar-refractivity contribution is 7.17. The van der Waals surface area contributed by atoms with Crippen molar-refractivity contribution in [2.24, 2.45) is 0 Å². The van der Waals surface area contributed by atoms with Crippen molar-refractivity contribution in [1.29, 1.82) is 5.26 Å². The number of fused-ring (bicyclic) bond motifs is 1. The van der Waals surface area contributed by atoms with Gasteiger partial charge in [-0.3, -0.25) is 4.79 Å². The lowest BCUT2D eigenvalue weighted by molar-refractivity contribution is -0.143. The molecule has 5 rings (SSSR count). The second-order valence-corrected chi connectivity index (χ2v) is 7.54. The summed E-state index contributed by atoms with van der Waals surface area (Å²) in [5, 5.41) is 24.9. The number of anilines is 1. The van der Waals surface area contributed by atoms with Crippen LogP contribution >= 0.6 is 11.3 Å². The molecule has 0 aromatic carbocycles. The average Bonchev–Trinajstić information content (AvgIpc) is 3.58. The quantitative estimate of drug-likeness (QED) is 0.412. The molecule has 0 spiro atoms. The third-order valence-electron chi connectivity index (χ3n) is 4.56. The van der Waals surface area contributed by atoms with E-state index in [0.29, 0.717) is 14.9 Å². The number of nitrogens with zero attached hydrogens (tertiary/aromatic N) is 9. The Morgan fingerprint density at radius 2 is 1.88 bits per heavy atom. The number of carbonyl (C=O) groups excluding carboxylic acids is 1. The monoisotopic (exact) mass is 482 g/mol. The van der Waals surface area contributed by atoms with Crippen LogP contribution in [0.2, 0.25) is 0 Å². The number of rotatable bonds is 4. The zero-order valence-corrected chi connectivity index (χ0v) is 17.4. The maximum atomic E-state index is 14.0. The number of halogens is 3. The Labute approximate surface area is 191 Å². The summed E-state index contributed by atoms with van der Waals surface area (Å²) in [6.07, 6.45) is 0.947. The van der Waals surface area contributed by atoms with Crippen LogP contribution in [-0.2, 0) is 6.18 Å². The van der Waals surface area contributed by atoms with Crippen LogP contribution in [0.1, 0.15) is 21.6 Å². The minimum atomic E-state index is -4.93. The second kappa shape index (κ2) is 8.01. The minimum absolute atomic E-state index is 0.000939. The Bertz CT molecular complexity index is 1570. The first-order chi connectivity index (χ1) is 16.4. The molecule has 168 valence electrons. The van der Waals surface area contributed by atoms with E-state index in [-0.39, 0.29) is 22.9 Å². The number of carbonyl (C=O) groups is 1. The van der Waals surface area contributed by atoms with E-state index < -0.39 is 23.3 Å². The molecule has 0 aliphatic rings. The van der Waals surface area contributed by atoms with Crippen LogP contribution in [0.15, 0.2) is 48.6 Å². The smallest absolute Gasteiger partial charge is 0.320 e. The summed E-state index contributed by atoms with van der Waals surface area (Å²) in [7, 11) is 0. The second-order valence-electron chi connectivity index (χ2n) is 6.63. The van der Waals surface area contributed by atoms with Crippen LogP contribution in [0.4, 0.5) is 18.9 Å². The number of hydrogen-bond donors (Lipinski definition) is 1. The lowest BCUT2D eigenvalue weighted by atomic mass is 10.2. The molecule has 0 atom stereocenters. The molecule has 0 saturated heterocycles. The Morgan fingerprint density at radius 1 is 1.09 bits per heavy atom. The van der Waals surface area contributed by atoms with Crippen LogP contribution in [0.25, 0.3) is 21.9 Å². The number of alkyl halides is 3. The Balaban J connectivity index is 1.53. The molecule has 1 amide bonds. The van der Waals surface area contributed by atoms with Gasteiger partial charge in [0.15, 0.2) is 17.3 Å². The summed E-state index contributed by atoms with van der Waals surface area (Å²) in [6.45, 7) is 0. The lowest BCUT2D eigenvalue weighted by Crippen LogP contribution is -2.21. The molecule has 0 saturated carbocycles. The van der Waals surface area contributed by atoms with Crippen LogP contribution in [-0.4, -0.2) is 45.6 Å². The van der Waals surface area contributed by atoms with Crippen LogP contribution in [0.3, 0.4) is 0 Å². The highest BCUT2D eigenvalue weighted by atomic mass is 32.1. The van der Waals surface area contributed by atoms with Gasteiger partial charge < -0.3 is 5.32 Å². The molecule has 0 aliphatic carbocycles. The van der Waals surface area contributed by atoms with Gasteiger partial charge in [-0.15, -0.1) is 16.1 Å². The normalized spacial score (nSPS) is 11.5. The van der Waals surface area contributed by atoms with Crippen molar-refractivity contribution in [1.82, 2.24) is 39.7 Å². The fourth-order valence-electron chi connectivity index (χ4n) is 3.17. The molecule has 0 unspecified atom stereocenters. The number of amides is 1. The average molecular weight is 482 g/mol. The molecule has 1 N–H and O–H groups in total. The van der Waals surface area contributed by atoms with E-state index in [1.54, 1.807) is 11.4 Å². The van der Waals surface area contributed by atoms with Gasteiger partial charge in [-0.25, -0.2) is 19.6 Å². The van der Waals surface area contributed by atoms with Crippen molar-refractivity contribution in [2.75, 3.05) is 5.32 Å². The van der Waals surface area contributed by atoms with Gasteiger partial charge in [0.2, 0.25) is 0 Å². The van der Waals surface area contributed by atoms with Crippen LogP contribution in [0, 0.1) is 11.3 Å². The first-order valence-corrected chi connectivity index (χ1v) is 10.2. The van der Waals surface area contributed by atoms with E-state index in [9.17, 15) is 23.2 Å². The molecule has 0 bridgehead atoms. The zero-order valence-electron chi connectivity index (χ0n) is 16.6. The molecule has 5 aromatic rings. The largest absolute Gasteiger partial charge is 0.434 e. The van der Waals surface area contributed by atoms with E-state index in [2.05, 4.69) is 35.6 Å². The maximum Gasteiger partial charge on any atom is 0.434 e. The minimum Gasteiger partial charge on any atom is -0.320 e. The van der Waals surface area contributed by atoms with E-state index >= 15 is 0 Å². The number of thiophene rings is 1. The van der Waals surface area contributed by atoms with Gasteiger partial charge in [-0.1, -0.05) is 0 Å². The number of pyridine rings is 1. The van der Waals surface area contributed by atoms with E-state index in [4.69, 9.17) is 0 Å². The molecule has 0 aliphatic heterocycles. The fraction of sp³-hybridized carbons (Fsp3) is 0.0526. The first-order valence-electron chi connectivity index (χ1n) is 9.29. The van der Waals surface area contributed by atoms with Crippen molar-refractivity contribution in [2.45, 2.75) is 6.18 Å². The van der Waals surface area contributed by atoms with E-state index in [1.165, 1.54) is 24.7 Å². The Morgan fingerprint density at radius 3 is 2.62 bits per heavy atom. The number of aromatic nitrogens is 8. The molecule has 0 fully saturated rings.